The molecule has 0 bridgehead atoms. The van der Waals surface area contributed by atoms with Crippen molar-refractivity contribution in [3.63, 3.8) is 0 Å². The Morgan fingerprint density at radius 1 is 1.26 bits per heavy atom. The molecule has 1 aliphatic rings. The third kappa shape index (κ3) is 2.88. The molecule has 1 aromatic rings. The molecule has 7 nitrogen and oxygen atoms in total. The molecule has 4 N–H and O–H groups in total. The predicted octanol–water partition coefficient (Wildman–Crippen LogP) is -0.402. The number of nitrogens with one attached hydrogen (secondary N) is 2. The fourth-order valence-corrected chi connectivity index (χ4v) is 3.03. The Balaban J connectivity index is 2.30. The average Bonchev–Trinajstić information content (AvgIpc) is 2.51. The minimum atomic E-state index is -3.72. The number of hydrogen-bond donors (Lipinski definition) is 3. The zero-order valence-corrected chi connectivity index (χ0v) is 11.1. The number of fused-ring (bicyclic) bond motifs is 1. The van der Waals surface area contributed by atoms with Crippen LogP contribution in [0, 0.1) is 0 Å². The number of imide groups is 1. The number of rotatable bonds is 4. The number of amides is 2. The first-order valence-electron chi connectivity index (χ1n) is 5.07. The molecule has 0 spiro atoms. The summed E-state index contributed by atoms with van der Waals surface area (Å²) in [7, 11) is -3.72. The maximum absolute atomic E-state index is 11.6. The highest BCUT2D eigenvalue weighted by molar-refractivity contribution is 7.95. The van der Waals surface area contributed by atoms with Crippen molar-refractivity contribution in [2.75, 3.05) is 10.5 Å². The van der Waals surface area contributed by atoms with Crippen LogP contribution in [0.25, 0.3) is 0 Å². The van der Waals surface area contributed by atoms with E-state index in [9.17, 15) is 18.0 Å². The van der Waals surface area contributed by atoms with Gasteiger partial charge in [0.2, 0.25) is 10.0 Å². The van der Waals surface area contributed by atoms with E-state index in [1.807, 2.05) is 0 Å². The first-order valence-corrected chi connectivity index (χ1v) is 7.13. The molecule has 0 saturated carbocycles. The van der Waals surface area contributed by atoms with Gasteiger partial charge >= 0.3 is 0 Å². The van der Waals surface area contributed by atoms with E-state index < -0.39 is 27.6 Å². The second kappa shape index (κ2) is 4.59. The average molecular weight is 299 g/mol. The van der Waals surface area contributed by atoms with Crippen LogP contribution in [0.1, 0.15) is 20.7 Å². The summed E-state index contributed by atoms with van der Waals surface area (Å²) >= 11 is 4.52. The Morgan fingerprint density at radius 3 is 2.53 bits per heavy atom. The molecule has 0 aromatic heterocycles. The first kappa shape index (κ1) is 13.4. The fraction of sp³-hybridized carbons (Fsp3) is 0.100. The summed E-state index contributed by atoms with van der Waals surface area (Å²) in [4.78, 5) is 22.6. The van der Waals surface area contributed by atoms with E-state index in [0.717, 1.165) is 0 Å². The smallest absolute Gasteiger partial charge is 0.259 e. The lowest BCUT2D eigenvalue weighted by atomic mass is 10.1. The van der Waals surface area contributed by atoms with E-state index in [1.165, 1.54) is 18.2 Å². The van der Waals surface area contributed by atoms with Crippen LogP contribution < -0.4 is 15.8 Å². The summed E-state index contributed by atoms with van der Waals surface area (Å²) in [5.41, 5.74) is 5.67. The van der Waals surface area contributed by atoms with Crippen LogP contribution >= 0.6 is 12.2 Å². The van der Waals surface area contributed by atoms with Crippen LogP contribution in [0.2, 0.25) is 0 Å². The summed E-state index contributed by atoms with van der Waals surface area (Å²) in [5.74, 6) is -1.56. The molecule has 0 saturated heterocycles. The Hall–Kier alpha value is -2.00. The van der Waals surface area contributed by atoms with E-state index in [1.54, 1.807) is 0 Å². The molecule has 0 fully saturated rings. The number of anilines is 1. The van der Waals surface area contributed by atoms with Gasteiger partial charge in [-0.3, -0.25) is 19.6 Å². The van der Waals surface area contributed by atoms with Crippen LogP contribution in [0.5, 0.6) is 0 Å². The molecule has 19 heavy (non-hydrogen) atoms. The minimum Gasteiger partial charge on any atom is -0.392 e. The van der Waals surface area contributed by atoms with E-state index >= 15 is 0 Å². The van der Waals surface area contributed by atoms with Gasteiger partial charge < -0.3 is 5.73 Å². The van der Waals surface area contributed by atoms with Crippen molar-refractivity contribution in [2.45, 2.75) is 0 Å². The molecule has 1 heterocycles. The highest BCUT2D eigenvalue weighted by Crippen LogP contribution is 2.20. The van der Waals surface area contributed by atoms with Crippen LogP contribution in [-0.4, -0.2) is 31.0 Å². The third-order valence-corrected chi connectivity index (χ3v) is 3.91. The van der Waals surface area contributed by atoms with Gasteiger partial charge in [-0.2, -0.15) is 0 Å². The van der Waals surface area contributed by atoms with Gasteiger partial charge in [0.25, 0.3) is 11.8 Å². The van der Waals surface area contributed by atoms with Gasteiger partial charge in [0.1, 0.15) is 5.75 Å². The van der Waals surface area contributed by atoms with Crippen molar-refractivity contribution < 1.29 is 18.0 Å². The number of thiocarbonyl (C=S) groups is 1. The lowest BCUT2D eigenvalue weighted by Crippen LogP contribution is -2.26. The maximum atomic E-state index is 11.6. The van der Waals surface area contributed by atoms with Crippen LogP contribution in [0.3, 0.4) is 0 Å². The molecular weight excluding hydrogens is 290 g/mol. The molecule has 2 amide bonds. The summed E-state index contributed by atoms with van der Waals surface area (Å²) in [6.45, 7) is 0. The Morgan fingerprint density at radius 2 is 1.89 bits per heavy atom. The molecule has 9 heteroatoms. The number of nitrogens with two attached hydrogens (primary N) is 1. The van der Waals surface area contributed by atoms with Gasteiger partial charge in [-0.15, -0.1) is 0 Å². The number of carbonyl (C=O) groups excluding carboxylic acids is 2. The third-order valence-electron chi connectivity index (χ3n) is 2.34. The molecule has 1 aromatic carbocycles. The topological polar surface area (TPSA) is 118 Å². The van der Waals surface area contributed by atoms with Crippen molar-refractivity contribution in [1.29, 1.82) is 0 Å². The van der Waals surface area contributed by atoms with Crippen molar-refractivity contribution in [3.8, 4) is 0 Å². The van der Waals surface area contributed by atoms with Crippen LogP contribution in [-0.2, 0) is 10.0 Å². The Kier molecular flexibility index (Phi) is 3.25. The second-order valence-electron chi connectivity index (χ2n) is 3.87. The van der Waals surface area contributed by atoms with Gasteiger partial charge in [-0.1, -0.05) is 12.2 Å². The Labute approximate surface area is 114 Å². The van der Waals surface area contributed by atoms with Crippen molar-refractivity contribution in [1.82, 2.24) is 5.32 Å². The zero-order valence-electron chi connectivity index (χ0n) is 9.47. The van der Waals surface area contributed by atoms with Gasteiger partial charge in [-0.25, -0.2) is 8.42 Å². The fourth-order valence-electron chi connectivity index (χ4n) is 1.63. The van der Waals surface area contributed by atoms with Gasteiger partial charge in [0.15, 0.2) is 0 Å². The van der Waals surface area contributed by atoms with Crippen molar-refractivity contribution in [3.05, 3.63) is 29.3 Å². The molecule has 0 unspecified atom stereocenters. The summed E-state index contributed by atoms with van der Waals surface area (Å²) in [6.07, 6.45) is 0. The summed E-state index contributed by atoms with van der Waals surface area (Å²) in [5, 5.41) is 2.11. The molecule has 0 aliphatic carbocycles. The minimum absolute atomic E-state index is 0.125. The number of sulfonamides is 1. The quantitative estimate of drug-likeness (QED) is 0.514. The summed E-state index contributed by atoms with van der Waals surface area (Å²) < 4.78 is 25.4. The van der Waals surface area contributed by atoms with E-state index in [-0.39, 0.29) is 21.8 Å². The summed E-state index contributed by atoms with van der Waals surface area (Å²) in [6, 6.07) is 4.04. The van der Waals surface area contributed by atoms with Gasteiger partial charge in [0.05, 0.1) is 16.1 Å². The van der Waals surface area contributed by atoms with Crippen LogP contribution in [0.15, 0.2) is 18.2 Å². The Bertz CT molecular complexity index is 697. The molecule has 1 aliphatic heterocycles. The van der Waals surface area contributed by atoms with E-state index in [2.05, 4.69) is 22.3 Å². The number of carbonyl (C=O) groups is 2. The van der Waals surface area contributed by atoms with Crippen molar-refractivity contribution in [2.24, 2.45) is 5.73 Å². The first-order chi connectivity index (χ1) is 8.78. The monoisotopic (exact) mass is 299 g/mol. The molecular formula is C10H9N3O4S2. The standard InChI is InChI=1S/C10H9N3O4S2/c11-8(18)4-19(16,17)13-5-1-2-6-7(3-5)10(15)12-9(6)14/h1-3,13H,4H2,(H2,11,18)(H,12,14,15). The van der Waals surface area contributed by atoms with Gasteiger partial charge in [-0.05, 0) is 18.2 Å². The van der Waals surface area contributed by atoms with Gasteiger partial charge in [0, 0.05) is 5.69 Å². The van der Waals surface area contributed by atoms with Crippen molar-refractivity contribution >= 4 is 44.7 Å². The number of hydrogen-bond acceptors (Lipinski definition) is 5. The normalized spacial score (nSPS) is 13.9. The lowest BCUT2D eigenvalue weighted by molar-refractivity contribution is 0.0879. The number of benzene rings is 1. The predicted molar refractivity (Wildman–Crippen MR) is 72.4 cm³/mol. The van der Waals surface area contributed by atoms with E-state index in [4.69, 9.17) is 5.73 Å². The SMILES string of the molecule is NC(=S)CS(=O)(=O)Nc1ccc2c(c1)C(=O)NC2=O. The zero-order chi connectivity index (χ0) is 14.2. The molecule has 0 radical (unpaired) electrons. The molecule has 100 valence electrons. The van der Waals surface area contributed by atoms with E-state index in [0.29, 0.717) is 0 Å². The van der Waals surface area contributed by atoms with Crippen LogP contribution in [0.4, 0.5) is 5.69 Å². The highest BCUT2D eigenvalue weighted by atomic mass is 32.2. The maximum Gasteiger partial charge on any atom is 0.259 e. The lowest BCUT2D eigenvalue weighted by Gasteiger charge is -2.07. The largest absolute Gasteiger partial charge is 0.392 e. The highest BCUT2D eigenvalue weighted by Gasteiger charge is 2.27. The molecule has 0 atom stereocenters. The second-order valence-corrected chi connectivity index (χ2v) is 6.12. The molecule has 2 rings (SSSR count).